The van der Waals surface area contributed by atoms with Crippen LogP contribution in [0.25, 0.3) is 10.9 Å². The maximum atomic E-state index is 11.9. The Bertz CT molecular complexity index is 668. The molecule has 0 aliphatic rings. The first kappa shape index (κ1) is 16.2. The van der Waals surface area contributed by atoms with E-state index in [1.54, 1.807) is 20.2 Å². The van der Waals surface area contributed by atoms with Crippen molar-refractivity contribution in [3.8, 4) is 5.75 Å². The van der Waals surface area contributed by atoms with Gasteiger partial charge in [0, 0.05) is 18.1 Å². The molecule has 0 unspecified atom stereocenters. The van der Waals surface area contributed by atoms with Crippen molar-refractivity contribution in [3.63, 3.8) is 0 Å². The number of nitrogens with one attached hydrogen (secondary N) is 1. The quantitative estimate of drug-likeness (QED) is 0.629. The maximum Gasteiger partial charge on any atom is 0.163 e. The number of anilines is 1. The number of aromatic nitrogens is 1. The van der Waals surface area contributed by atoms with E-state index >= 15 is 0 Å². The Hall–Kier alpha value is -2.14. The number of pyridine rings is 1. The zero-order chi connectivity index (χ0) is 16.1. The normalized spacial score (nSPS) is 11.0. The molecule has 5 nitrogen and oxygen atoms in total. The van der Waals surface area contributed by atoms with Gasteiger partial charge in [-0.2, -0.15) is 0 Å². The lowest BCUT2D eigenvalue weighted by atomic mass is 10.1. The number of hydrogen-bond donors (Lipinski definition) is 1. The standard InChI is InChI=1S/C17H23N3O2/c1-12(21)15-11-19-16-7-6-13(22-4)10-14(16)17(15)18-8-5-9-20(2)3/h6-7,10-11H,5,8-9H2,1-4H3,(H,18,19). The number of fused-ring (bicyclic) bond motifs is 1. The van der Waals surface area contributed by atoms with Crippen LogP contribution in [0.1, 0.15) is 23.7 Å². The molecule has 0 fully saturated rings. The van der Waals surface area contributed by atoms with Crippen molar-refractivity contribution in [2.75, 3.05) is 39.6 Å². The first-order valence-electron chi connectivity index (χ1n) is 7.39. The van der Waals surface area contributed by atoms with Crippen LogP contribution >= 0.6 is 0 Å². The number of nitrogens with zero attached hydrogens (tertiary/aromatic N) is 2. The van der Waals surface area contributed by atoms with Crippen LogP contribution in [0.5, 0.6) is 5.75 Å². The summed E-state index contributed by atoms with van der Waals surface area (Å²) in [6, 6.07) is 5.70. The molecule has 5 heteroatoms. The third-order valence-corrected chi connectivity index (χ3v) is 3.54. The second kappa shape index (κ2) is 7.22. The van der Waals surface area contributed by atoms with Crippen LogP contribution in [0.4, 0.5) is 5.69 Å². The lowest BCUT2D eigenvalue weighted by Crippen LogP contribution is -2.17. The third kappa shape index (κ3) is 3.74. The molecule has 0 aliphatic carbocycles. The molecule has 1 aromatic heterocycles. The van der Waals surface area contributed by atoms with Crippen molar-refractivity contribution < 1.29 is 9.53 Å². The highest BCUT2D eigenvalue weighted by atomic mass is 16.5. The van der Waals surface area contributed by atoms with Crippen molar-refractivity contribution in [3.05, 3.63) is 30.0 Å². The molecule has 2 aromatic rings. The Kier molecular flexibility index (Phi) is 5.33. The Morgan fingerprint density at radius 2 is 2.14 bits per heavy atom. The largest absolute Gasteiger partial charge is 0.497 e. The van der Waals surface area contributed by atoms with E-state index in [9.17, 15) is 4.79 Å². The summed E-state index contributed by atoms with van der Waals surface area (Å²) in [7, 11) is 5.73. The highest BCUT2D eigenvalue weighted by Gasteiger charge is 2.13. The zero-order valence-corrected chi connectivity index (χ0v) is 13.6. The lowest BCUT2D eigenvalue weighted by Gasteiger charge is -2.15. The molecule has 1 aromatic carbocycles. The number of rotatable bonds is 7. The minimum absolute atomic E-state index is 0.00679. The first-order chi connectivity index (χ1) is 10.5. The van der Waals surface area contributed by atoms with Gasteiger partial charge in [0.25, 0.3) is 0 Å². The monoisotopic (exact) mass is 301 g/mol. The predicted octanol–water partition coefficient (Wildman–Crippen LogP) is 2.81. The van der Waals surface area contributed by atoms with E-state index in [4.69, 9.17) is 4.74 Å². The van der Waals surface area contributed by atoms with Crippen LogP contribution in [0, 0.1) is 0 Å². The second-order valence-corrected chi connectivity index (χ2v) is 5.57. The number of hydrogen-bond acceptors (Lipinski definition) is 5. The topological polar surface area (TPSA) is 54.5 Å². The number of ether oxygens (including phenoxy) is 1. The molecule has 1 N–H and O–H groups in total. The fraction of sp³-hybridized carbons (Fsp3) is 0.412. The number of methoxy groups -OCH3 is 1. The number of benzene rings is 1. The SMILES string of the molecule is COc1ccc2ncc(C(C)=O)c(NCCCN(C)C)c2c1. The Labute approximate surface area is 131 Å². The van der Waals surface area contributed by atoms with Crippen LogP contribution in [-0.2, 0) is 0 Å². The van der Waals surface area contributed by atoms with Crippen molar-refractivity contribution in [2.24, 2.45) is 0 Å². The molecule has 0 spiro atoms. The van der Waals surface area contributed by atoms with Gasteiger partial charge in [-0.05, 0) is 52.2 Å². The molecular formula is C17H23N3O2. The fourth-order valence-corrected chi connectivity index (χ4v) is 2.36. The van der Waals surface area contributed by atoms with Gasteiger partial charge in [0.15, 0.2) is 5.78 Å². The average Bonchev–Trinajstić information content (AvgIpc) is 2.50. The van der Waals surface area contributed by atoms with E-state index in [-0.39, 0.29) is 5.78 Å². The van der Waals surface area contributed by atoms with Crippen LogP contribution in [0.3, 0.4) is 0 Å². The Morgan fingerprint density at radius 1 is 1.36 bits per heavy atom. The van der Waals surface area contributed by atoms with Gasteiger partial charge in [0.2, 0.25) is 0 Å². The summed E-state index contributed by atoms with van der Waals surface area (Å²) < 4.78 is 5.29. The highest BCUT2D eigenvalue weighted by molar-refractivity contribution is 6.07. The summed E-state index contributed by atoms with van der Waals surface area (Å²) in [5, 5.41) is 4.32. The molecule has 118 valence electrons. The minimum Gasteiger partial charge on any atom is -0.497 e. The van der Waals surface area contributed by atoms with Gasteiger partial charge in [-0.25, -0.2) is 0 Å². The van der Waals surface area contributed by atoms with Gasteiger partial charge in [0.1, 0.15) is 5.75 Å². The number of carbonyl (C=O) groups is 1. The highest BCUT2D eigenvalue weighted by Crippen LogP contribution is 2.29. The van der Waals surface area contributed by atoms with Crippen molar-refractivity contribution in [2.45, 2.75) is 13.3 Å². The Morgan fingerprint density at radius 3 is 2.77 bits per heavy atom. The van der Waals surface area contributed by atoms with Crippen molar-refractivity contribution >= 4 is 22.4 Å². The van der Waals surface area contributed by atoms with E-state index in [0.29, 0.717) is 5.56 Å². The second-order valence-electron chi connectivity index (χ2n) is 5.57. The van der Waals surface area contributed by atoms with E-state index in [0.717, 1.165) is 41.9 Å². The molecule has 0 amide bonds. The molecule has 0 saturated carbocycles. The Balaban J connectivity index is 2.37. The molecule has 0 saturated heterocycles. The molecule has 22 heavy (non-hydrogen) atoms. The summed E-state index contributed by atoms with van der Waals surface area (Å²) in [5.41, 5.74) is 2.31. The van der Waals surface area contributed by atoms with Gasteiger partial charge < -0.3 is 15.0 Å². The van der Waals surface area contributed by atoms with Crippen molar-refractivity contribution in [1.29, 1.82) is 0 Å². The summed E-state index contributed by atoms with van der Waals surface area (Å²) in [5.74, 6) is 0.763. The van der Waals surface area contributed by atoms with Gasteiger partial charge >= 0.3 is 0 Å². The molecule has 0 bridgehead atoms. The van der Waals surface area contributed by atoms with E-state index in [1.807, 2.05) is 32.3 Å². The fourth-order valence-electron chi connectivity index (χ4n) is 2.36. The molecule has 0 atom stereocenters. The smallest absolute Gasteiger partial charge is 0.163 e. The summed E-state index contributed by atoms with van der Waals surface area (Å²) in [6.07, 6.45) is 2.64. The molecular weight excluding hydrogens is 278 g/mol. The van der Waals surface area contributed by atoms with Gasteiger partial charge in [-0.3, -0.25) is 9.78 Å². The molecule has 0 radical (unpaired) electrons. The summed E-state index contributed by atoms with van der Waals surface area (Å²) in [6.45, 7) is 3.36. The first-order valence-corrected chi connectivity index (χ1v) is 7.39. The summed E-state index contributed by atoms with van der Waals surface area (Å²) in [4.78, 5) is 18.4. The van der Waals surface area contributed by atoms with Gasteiger partial charge in [-0.1, -0.05) is 0 Å². The number of Topliss-reactive ketones (excluding diaryl/α,β-unsaturated/α-hetero) is 1. The van der Waals surface area contributed by atoms with Crippen LogP contribution in [-0.4, -0.2) is 50.0 Å². The number of carbonyl (C=O) groups excluding carboxylic acids is 1. The lowest BCUT2D eigenvalue weighted by molar-refractivity contribution is 0.101. The van der Waals surface area contributed by atoms with Crippen LogP contribution in [0.15, 0.2) is 24.4 Å². The van der Waals surface area contributed by atoms with Crippen LogP contribution < -0.4 is 10.1 Å². The predicted molar refractivity (Wildman–Crippen MR) is 90.0 cm³/mol. The molecule has 2 rings (SSSR count). The zero-order valence-electron chi connectivity index (χ0n) is 13.6. The third-order valence-electron chi connectivity index (χ3n) is 3.54. The van der Waals surface area contributed by atoms with E-state index < -0.39 is 0 Å². The van der Waals surface area contributed by atoms with Crippen molar-refractivity contribution in [1.82, 2.24) is 9.88 Å². The van der Waals surface area contributed by atoms with Gasteiger partial charge in [0.05, 0.1) is 23.9 Å². The average molecular weight is 301 g/mol. The van der Waals surface area contributed by atoms with E-state index in [2.05, 4.69) is 15.2 Å². The minimum atomic E-state index is 0.00679. The maximum absolute atomic E-state index is 11.9. The molecule has 0 aliphatic heterocycles. The van der Waals surface area contributed by atoms with E-state index in [1.165, 1.54) is 0 Å². The summed E-state index contributed by atoms with van der Waals surface area (Å²) >= 11 is 0. The molecule has 1 heterocycles. The number of ketones is 1. The van der Waals surface area contributed by atoms with Gasteiger partial charge in [-0.15, -0.1) is 0 Å². The van der Waals surface area contributed by atoms with Crippen LogP contribution in [0.2, 0.25) is 0 Å².